The van der Waals surface area contributed by atoms with Gasteiger partial charge in [0.25, 0.3) is 0 Å². The second-order valence-electron chi connectivity index (χ2n) is 8.67. The topological polar surface area (TPSA) is 64.3 Å². The van der Waals surface area contributed by atoms with Gasteiger partial charge in [0.1, 0.15) is 0 Å². The molecule has 0 spiro atoms. The van der Waals surface area contributed by atoms with Gasteiger partial charge >= 0.3 is 0 Å². The van der Waals surface area contributed by atoms with Crippen molar-refractivity contribution in [3.8, 4) is 0 Å². The first kappa shape index (κ1) is 21.7. The molecule has 0 bridgehead atoms. The largest absolute Gasteiger partial charge is 0.385 e. The first-order valence-corrected chi connectivity index (χ1v) is 11.8. The fourth-order valence-electron chi connectivity index (χ4n) is 4.67. The molecular formula is C26H28ClN5O. The fourth-order valence-corrected chi connectivity index (χ4v) is 4.85. The van der Waals surface area contributed by atoms with Crippen LogP contribution in [0.2, 0.25) is 5.02 Å². The van der Waals surface area contributed by atoms with Crippen LogP contribution in [0.3, 0.4) is 0 Å². The maximum absolute atomic E-state index is 13.2. The van der Waals surface area contributed by atoms with E-state index in [2.05, 4.69) is 51.4 Å². The van der Waals surface area contributed by atoms with Gasteiger partial charge in [-0.2, -0.15) is 0 Å². The number of carbonyl (C=O) groups excluding carboxylic acids is 1. The van der Waals surface area contributed by atoms with E-state index in [4.69, 9.17) is 11.6 Å². The molecule has 1 atom stereocenters. The standard InChI is InChI=1S/C26H28ClN5O/c1-3-28-24-8-9-29-25-12-18(4-6-22(24)25)15-32-11-10-31(17(2)26(32)33)16-21-14-19-13-20(27)5-7-23(19)30-21/h4-9,12-14,17,30H,3,10-11,15-16H2,1-2H3,(H,28,29). The van der Waals surface area contributed by atoms with E-state index in [1.807, 2.05) is 42.3 Å². The summed E-state index contributed by atoms with van der Waals surface area (Å²) in [7, 11) is 0. The number of pyridine rings is 1. The molecule has 6 nitrogen and oxygen atoms in total. The average Bonchev–Trinajstić information content (AvgIpc) is 3.20. The monoisotopic (exact) mass is 461 g/mol. The zero-order chi connectivity index (χ0) is 22.9. The van der Waals surface area contributed by atoms with Gasteiger partial charge in [-0.1, -0.05) is 23.7 Å². The maximum Gasteiger partial charge on any atom is 0.239 e. The normalized spacial score (nSPS) is 17.2. The Hall–Kier alpha value is -3.09. The number of hydrogen-bond acceptors (Lipinski definition) is 4. The van der Waals surface area contributed by atoms with E-state index in [0.29, 0.717) is 19.6 Å². The number of nitrogens with zero attached hydrogens (tertiary/aromatic N) is 3. The quantitative estimate of drug-likeness (QED) is 0.422. The molecule has 33 heavy (non-hydrogen) atoms. The molecule has 1 amide bonds. The van der Waals surface area contributed by atoms with Crippen LogP contribution in [0.5, 0.6) is 0 Å². The Morgan fingerprint density at radius 1 is 1.12 bits per heavy atom. The van der Waals surface area contributed by atoms with Crippen molar-refractivity contribution in [3.63, 3.8) is 0 Å². The molecule has 1 aliphatic heterocycles. The van der Waals surface area contributed by atoms with Gasteiger partial charge in [-0.15, -0.1) is 0 Å². The van der Waals surface area contributed by atoms with Crippen LogP contribution in [0.1, 0.15) is 25.1 Å². The van der Waals surface area contributed by atoms with Crippen molar-refractivity contribution in [1.82, 2.24) is 19.8 Å². The summed E-state index contributed by atoms with van der Waals surface area (Å²) < 4.78 is 0. The lowest BCUT2D eigenvalue weighted by molar-refractivity contribution is -0.142. The van der Waals surface area contributed by atoms with Gasteiger partial charge in [0.2, 0.25) is 5.91 Å². The van der Waals surface area contributed by atoms with Crippen LogP contribution >= 0.6 is 11.6 Å². The summed E-state index contributed by atoms with van der Waals surface area (Å²) in [5, 5.41) is 6.31. The van der Waals surface area contributed by atoms with Crippen LogP contribution in [0.15, 0.2) is 54.7 Å². The number of H-pyrrole nitrogens is 1. The van der Waals surface area contributed by atoms with Crippen molar-refractivity contribution in [1.29, 1.82) is 0 Å². The SMILES string of the molecule is CCNc1ccnc2cc(CN3CCN(Cc4cc5cc(Cl)ccc5[nH]4)C(C)C3=O)ccc12. The minimum absolute atomic E-state index is 0.162. The first-order valence-electron chi connectivity index (χ1n) is 11.4. The molecule has 1 unspecified atom stereocenters. The van der Waals surface area contributed by atoms with Crippen LogP contribution < -0.4 is 5.32 Å². The van der Waals surface area contributed by atoms with Crippen molar-refractivity contribution in [2.45, 2.75) is 33.0 Å². The third-order valence-corrected chi connectivity index (χ3v) is 6.67. The van der Waals surface area contributed by atoms with E-state index in [0.717, 1.165) is 56.9 Å². The van der Waals surface area contributed by atoms with Crippen LogP contribution in [0.4, 0.5) is 5.69 Å². The number of carbonyl (C=O) groups is 1. The zero-order valence-electron chi connectivity index (χ0n) is 18.9. The number of aromatic amines is 1. The van der Waals surface area contributed by atoms with E-state index < -0.39 is 0 Å². The zero-order valence-corrected chi connectivity index (χ0v) is 19.7. The Kier molecular flexibility index (Phi) is 5.96. The number of rotatable bonds is 6. The summed E-state index contributed by atoms with van der Waals surface area (Å²) in [6, 6.07) is 16.1. The smallest absolute Gasteiger partial charge is 0.239 e. The number of hydrogen-bond donors (Lipinski definition) is 2. The van der Waals surface area contributed by atoms with Gasteiger partial charge in [0, 0.05) is 71.6 Å². The van der Waals surface area contributed by atoms with Gasteiger partial charge in [-0.3, -0.25) is 14.7 Å². The highest BCUT2D eigenvalue weighted by Crippen LogP contribution is 2.25. The van der Waals surface area contributed by atoms with Crippen molar-refractivity contribution in [2.75, 3.05) is 25.0 Å². The number of fused-ring (bicyclic) bond motifs is 2. The molecule has 1 aliphatic rings. The predicted molar refractivity (Wildman–Crippen MR) is 135 cm³/mol. The van der Waals surface area contributed by atoms with Crippen molar-refractivity contribution < 1.29 is 4.79 Å². The number of halogens is 1. The second kappa shape index (κ2) is 9.04. The van der Waals surface area contributed by atoms with Crippen LogP contribution in [0, 0.1) is 0 Å². The number of amides is 1. The molecule has 5 rings (SSSR count). The molecule has 0 radical (unpaired) electrons. The van der Waals surface area contributed by atoms with E-state index in [-0.39, 0.29) is 11.9 Å². The molecule has 170 valence electrons. The van der Waals surface area contributed by atoms with Gasteiger partial charge in [0.15, 0.2) is 0 Å². The molecule has 4 aromatic rings. The number of anilines is 1. The number of benzene rings is 2. The third kappa shape index (κ3) is 4.41. The molecular weight excluding hydrogens is 434 g/mol. The first-order chi connectivity index (χ1) is 16.0. The highest BCUT2D eigenvalue weighted by molar-refractivity contribution is 6.31. The lowest BCUT2D eigenvalue weighted by Crippen LogP contribution is -2.54. The Morgan fingerprint density at radius 2 is 2.00 bits per heavy atom. The van der Waals surface area contributed by atoms with Crippen LogP contribution in [0.25, 0.3) is 21.8 Å². The highest BCUT2D eigenvalue weighted by atomic mass is 35.5. The Morgan fingerprint density at radius 3 is 2.85 bits per heavy atom. The predicted octanol–water partition coefficient (Wildman–Crippen LogP) is 5.03. The van der Waals surface area contributed by atoms with E-state index in [1.54, 1.807) is 0 Å². The minimum atomic E-state index is -0.173. The summed E-state index contributed by atoms with van der Waals surface area (Å²) in [6.45, 7) is 7.80. The number of piperazine rings is 1. The lowest BCUT2D eigenvalue weighted by atomic mass is 10.1. The highest BCUT2D eigenvalue weighted by Gasteiger charge is 2.31. The summed E-state index contributed by atoms with van der Waals surface area (Å²) in [4.78, 5) is 25.4. The van der Waals surface area contributed by atoms with Crippen molar-refractivity contribution >= 4 is 45.0 Å². The Balaban J connectivity index is 1.27. The summed E-state index contributed by atoms with van der Waals surface area (Å²) in [5.41, 5.74) is 5.30. The molecule has 1 fully saturated rings. The van der Waals surface area contributed by atoms with Crippen molar-refractivity contribution in [2.24, 2.45) is 0 Å². The summed E-state index contributed by atoms with van der Waals surface area (Å²) in [5.74, 6) is 0.162. The number of nitrogens with one attached hydrogen (secondary N) is 2. The van der Waals surface area contributed by atoms with Crippen LogP contribution in [-0.4, -0.2) is 51.4 Å². The third-order valence-electron chi connectivity index (χ3n) is 6.43. The van der Waals surface area contributed by atoms with E-state index >= 15 is 0 Å². The molecule has 0 saturated carbocycles. The lowest BCUT2D eigenvalue weighted by Gasteiger charge is -2.39. The van der Waals surface area contributed by atoms with Crippen molar-refractivity contribution in [3.05, 3.63) is 71.0 Å². The van der Waals surface area contributed by atoms with E-state index in [9.17, 15) is 4.79 Å². The minimum Gasteiger partial charge on any atom is -0.385 e. The molecule has 2 aromatic heterocycles. The van der Waals surface area contributed by atoms with E-state index in [1.165, 1.54) is 0 Å². The molecule has 3 heterocycles. The average molecular weight is 462 g/mol. The van der Waals surface area contributed by atoms with Crippen LogP contribution in [-0.2, 0) is 17.9 Å². The molecule has 2 aromatic carbocycles. The Labute approximate surface area is 198 Å². The molecule has 2 N–H and O–H groups in total. The molecule has 1 saturated heterocycles. The molecule has 0 aliphatic carbocycles. The summed E-state index contributed by atoms with van der Waals surface area (Å²) >= 11 is 6.12. The second-order valence-corrected chi connectivity index (χ2v) is 9.11. The number of aromatic nitrogens is 2. The van der Waals surface area contributed by atoms with Gasteiger partial charge in [-0.05, 0) is 55.8 Å². The van der Waals surface area contributed by atoms with Gasteiger partial charge in [0.05, 0.1) is 11.6 Å². The summed E-state index contributed by atoms with van der Waals surface area (Å²) in [6.07, 6.45) is 1.83. The fraction of sp³-hybridized carbons (Fsp3) is 0.308. The van der Waals surface area contributed by atoms with Gasteiger partial charge in [-0.25, -0.2) is 0 Å². The maximum atomic E-state index is 13.2. The molecule has 7 heteroatoms. The van der Waals surface area contributed by atoms with Gasteiger partial charge < -0.3 is 15.2 Å². The Bertz CT molecular complexity index is 1320.